The Balaban J connectivity index is 2.02. The summed E-state index contributed by atoms with van der Waals surface area (Å²) in [5.41, 5.74) is 0.714. The van der Waals surface area contributed by atoms with E-state index in [2.05, 4.69) is 5.32 Å². The van der Waals surface area contributed by atoms with Gasteiger partial charge in [0.05, 0.1) is 5.69 Å². The van der Waals surface area contributed by atoms with E-state index in [-0.39, 0.29) is 17.3 Å². The Kier molecular flexibility index (Phi) is 4.31. The molecule has 0 aliphatic carbocycles. The molecule has 128 valence electrons. The number of anilines is 1. The van der Waals surface area contributed by atoms with Crippen molar-refractivity contribution in [3.63, 3.8) is 0 Å². The molecule has 1 aliphatic rings. The summed E-state index contributed by atoms with van der Waals surface area (Å²) in [6.45, 7) is 3.04. The van der Waals surface area contributed by atoms with Gasteiger partial charge in [-0.3, -0.25) is 9.10 Å². The van der Waals surface area contributed by atoms with Crippen molar-refractivity contribution in [1.82, 2.24) is 9.88 Å². The average molecular weight is 351 g/mol. The Labute approximate surface area is 139 Å². The van der Waals surface area contributed by atoms with Gasteiger partial charge in [-0.05, 0) is 43.7 Å². The number of hydrogen-bond acceptors (Lipinski definition) is 3. The molecule has 1 N–H and O–H groups in total. The fourth-order valence-electron chi connectivity index (χ4n) is 2.77. The third-order valence-electron chi connectivity index (χ3n) is 3.96. The predicted octanol–water partition coefficient (Wildman–Crippen LogP) is 1.98. The molecule has 0 radical (unpaired) electrons. The van der Waals surface area contributed by atoms with E-state index in [4.69, 9.17) is 0 Å². The zero-order chi connectivity index (χ0) is 17.3. The number of sulfonamides is 1. The number of fused-ring (bicyclic) bond motifs is 1. The van der Waals surface area contributed by atoms with Crippen LogP contribution in [0, 0.1) is 5.82 Å². The molecule has 24 heavy (non-hydrogen) atoms. The van der Waals surface area contributed by atoms with Crippen LogP contribution < -0.4 is 9.62 Å². The maximum atomic E-state index is 13.1. The largest absolute Gasteiger partial charge is 0.351 e. The molecule has 0 spiro atoms. The highest BCUT2D eigenvalue weighted by Crippen LogP contribution is 2.25. The molecular weight excluding hydrogens is 333 g/mol. The van der Waals surface area contributed by atoms with Crippen LogP contribution in [0.2, 0.25) is 0 Å². The van der Waals surface area contributed by atoms with E-state index in [1.165, 1.54) is 40.8 Å². The lowest BCUT2D eigenvalue weighted by Crippen LogP contribution is -2.30. The number of hydrogen-bond donors (Lipinski definition) is 1. The molecule has 2 heterocycles. The molecule has 0 fully saturated rings. The molecule has 0 saturated carbocycles. The first-order chi connectivity index (χ1) is 11.4. The molecule has 2 aromatic rings. The number of aromatic nitrogens is 1. The van der Waals surface area contributed by atoms with Gasteiger partial charge in [-0.1, -0.05) is 0 Å². The first-order valence-electron chi connectivity index (χ1n) is 7.70. The molecule has 1 aromatic heterocycles. The van der Waals surface area contributed by atoms with Gasteiger partial charge in [-0.25, -0.2) is 12.8 Å². The third-order valence-corrected chi connectivity index (χ3v) is 5.82. The maximum absolute atomic E-state index is 13.1. The normalized spacial score (nSPS) is 14.7. The summed E-state index contributed by atoms with van der Waals surface area (Å²) in [5, 5.41) is 2.74. The minimum absolute atomic E-state index is 0.0562. The quantitative estimate of drug-likeness (QED) is 0.915. The Morgan fingerprint density at radius 1 is 1.29 bits per heavy atom. The van der Waals surface area contributed by atoms with Crippen molar-refractivity contribution in [2.45, 2.75) is 24.8 Å². The van der Waals surface area contributed by atoms with E-state index >= 15 is 0 Å². The topological polar surface area (TPSA) is 71.4 Å². The highest BCUT2D eigenvalue weighted by Gasteiger charge is 2.28. The van der Waals surface area contributed by atoms with Gasteiger partial charge in [-0.15, -0.1) is 0 Å². The van der Waals surface area contributed by atoms with E-state index in [0.29, 0.717) is 24.5 Å². The number of benzene rings is 1. The SMILES string of the molecule is CCN(c1ccc(F)cc1)S(=O)(=O)c1cc2n(c1)CCCNC2=O. The number of nitrogens with one attached hydrogen (secondary N) is 1. The van der Waals surface area contributed by atoms with Crippen LogP contribution in [0.5, 0.6) is 0 Å². The van der Waals surface area contributed by atoms with Crippen LogP contribution in [0.15, 0.2) is 41.4 Å². The van der Waals surface area contributed by atoms with Crippen molar-refractivity contribution in [3.05, 3.63) is 48.0 Å². The fourth-order valence-corrected chi connectivity index (χ4v) is 4.28. The lowest BCUT2D eigenvalue weighted by Gasteiger charge is -2.22. The van der Waals surface area contributed by atoms with Gasteiger partial charge in [0.15, 0.2) is 0 Å². The standard InChI is InChI=1S/C16H18FN3O3S/c1-2-20(13-6-4-12(17)5-7-13)24(22,23)14-10-15-16(21)18-8-3-9-19(15)11-14/h4-7,10-11H,2-3,8-9H2,1H3,(H,18,21). The highest BCUT2D eigenvalue weighted by molar-refractivity contribution is 7.92. The van der Waals surface area contributed by atoms with Crippen molar-refractivity contribution < 1.29 is 17.6 Å². The summed E-state index contributed by atoms with van der Waals surface area (Å²) in [6, 6.07) is 6.67. The van der Waals surface area contributed by atoms with E-state index in [0.717, 1.165) is 6.42 Å². The van der Waals surface area contributed by atoms with Crippen LogP contribution in [0.3, 0.4) is 0 Å². The second kappa shape index (κ2) is 6.27. The van der Waals surface area contributed by atoms with Gasteiger partial charge < -0.3 is 9.88 Å². The zero-order valence-electron chi connectivity index (χ0n) is 13.2. The lowest BCUT2D eigenvalue weighted by molar-refractivity contribution is 0.0951. The summed E-state index contributed by atoms with van der Waals surface area (Å²) in [6.07, 6.45) is 2.23. The first-order valence-corrected chi connectivity index (χ1v) is 9.14. The Morgan fingerprint density at radius 2 is 2.00 bits per heavy atom. The molecule has 1 aromatic carbocycles. The summed E-state index contributed by atoms with van der Waals surface area (Å²) in [7, 11) is -3.84. The van der Waals surface area contributed by atoms with Crippen LogP contribution in [-0.2, 0) is 16.6 Å². The van der Waals surface area contributed by atoms with Crippen molar-refractivity contribution in [1.29, 1.82) is 0 Å². The zero-order valence-corrected chi connectivity index (χ0v) is 14.0. The van der Waals surface area contributed by atoms with Crippen molar-refractivity contribution in [2.75, 3.05) is 17.4 Å². The smallest absolute Gasteiger partial charge is 0.267 e. The molecular formula is C16H18FN3O3S. The number of carbonyl (C=O) groups excluding carboxylic acids is 1. The fraction of sp³-hybridized carbons (Fsp3) is 0.312. The van der Waals surface area contributed by atoms with E-state index < -0.39 is 15.8 Å². The monoisotopic (exact) mass is 351 g/mol. The van der Waals surface area contributed by atoms with Crippen LogP contribution >= 0.6 is 0 Å². The number of amides is 1. The van der Waals surface area contributed by atoms with Crippen LogP contribution in [-0.4, -0.2) is 32.0 Å². The van der Waals surface area contributed by atoms with Crippen LogP contribution in [0.1, 0.15) is 23.8 Å². The molecule has 3 rings (SSSR count). The highest BCUT2D eigenvalue weighted by atomic mass is 32.2. The summed E-state index contributed by atoms with van der Waals surface area (Å²) in [5.74, 6) is -0.710. The summed E-state index contributed by atoms with van der Waals surface area (Å²) in [4.78, 5) is 12.1. The van der Waals surface area contributed by atoms with Gasteiger partial charge >= 0.3 is 0 Å². The number of rotatable bonds is 4. The molecule has 8 heteroatoms. The maximum Gasteiger partial charge on any atom is 0.267 e. The predicted molar refractivity (Wildman–Crippen MR) is 88.0 cm³/mol. The molecule has 0 unspecified atom stereocenters. The van der Waals surface area contributed by atoms with Gasteiger partial charge in [0.25, 0.3) is 15.9 Å². The second-order valence-corrected chi connectivity index (χ2v) is 7.37. The van der Waals surface area contributed by atoms with E-state index in [9.17, 15) is 17.6 Å². The van der Waals surface area contributed by atoms with Crippen LogP contribution in [0.25, 0.3) is 0 Å². The van der Waals surface area contributed by atoms with Gasteiger partial charge in [0.1, 0.15) is 16.4 Å². The number of carbonyl (C=O) groups is 1. The van der Waals surface area contributed by atoms with Crippen molar-refractivity contribution in [2.24, 2.45) is 0 Å². The van der Waals surface area contributed by atoms with Gasteiger partial charge in [0.2, 0.25) is 0 Å². The number of nitrogens with zero attached hydrogens (tertiary/aromatic N) is 2. The summed E-state index contributed by atoms with van der Waals surface area (Å²) >= 11 is 0. The minimum Gasteiger partial charge on any atom is -0.351 e. The van der Waals surface area contributed by atoms with Gasteiger partial charge in [0, 0.05) is 25.8 Å². The van der Waals surface area contributed by atoms with E-state index in [1.807, 2.05) is 0 Å². The Morgan fingerprint density at radius 3 is 2.67 bits per heavy atom. The Bertz CT molecular complexity index is 859. The first kappa shape index (κ1) is 16.5. The number of aryl methyl sites for hydroxylation is 1. The molecule has 0 atom stereocenters. The minimum atomic E-state index is -3.84. The summed E-state index contributed by atoms with van der Waals surface area (Å²) < 4.78 is 41.8. The molecule has 1 amide bonds. The molecule has 1 aliphatic heterocycles. The van der Waals surface area contributed by atoms with Crippen molar-refractivity contribution >= 4 is 21.6 Å². The van der Waals surface area contributed by atoms with Crippen LogP contribution in [0.4, 0.5) is 10.1 Å². The molecule has 6 nitrogen and oxygen atoms in total. The third kappa shape index (κ3) is 2.89. The molecule has 0 saturated heterocycles. The number of halogens is 1. The Hall–Kier alpha value is -2.35. The second-order valence-electron chi connectivity index (χ2n) is 5.51. The van der Waals surface area contributed by atoms with Gasteiger partial charge in [-0.2, -0.15) is 0 Å². The average Bonchev–Trinajstić information content (AvgIpc) is 2.91. The molecule has 0 bridgehead atoms. The lowest BCUT2D eigenvalue weighted by atomic mass is 10.3. The van der Waals surface area contributed by atoms with E-state index in [1.54, 1.807) is 11.5 Å². The van der Waals surface area contributed by atoms with Crippen molar-refractivity contribution in [3.8, 4) is 0 Å².